The normalized spacial score (nSPS) is 15.3. The molecule has 0 spiro atoms. The summed E-state index contributed by atoms with van der Waals surface area (Å²) in [4.78, 5) is 0. The summed E-state index contributed by atoms with van der Waals surface area (Å²) in [6, 6.07) is 0. The Labute approximate surface area is 81.3 Å². The first-order valence-corrected chi connectivity index (χ1v) is 5.17. The maximum atomic E-state index is 9.48. The molecule has 2 heteroatoms. The number of rotatable bonds is 8. The molecule has 0 radical (unpaired) electrons. The number of hydrogen-bond acceptors (Lipinski definition) is 2. The minimum absolute atomic E-state index is 0.346. The van der Waals surface area contributed by atoms with Gasteiger partial charge in [-0.15, -0.1) is 6.58 Å². The monoisotopic (exact) mass is 186 g/mol. The van der Waals surface area contributed by atoms with Crippen LogP contribution >= 0.6 is 0 Å². The van der Waals surface area contributed by atoms with Gasteiger partial charge in [0.2, 0.25) is 0 Å². The molecule has 0 aliphatic carbocycles. The molecular weight excluding hydrogens is 164 g/mol. The van der Waals surface area contributed by atoms with Crippen molar-refractivity contribution < 1.29 is 10.2 Å². The summed E-state index contributed by atoms with van der Waals surface area (Å²) in [6.07, 6.45) is 6.16. The molecule has 78 valence electrons. The first-order valence-electron chi connectivity index (χ1n) is 5.17. The summed E-state index contributed by atoms with van der Waals surface area (Å²) in [7, 11) is 0. The predicted octanol–water partition coefficient (Wildman–Crippen LogP) is 2.25. The van der Waals surface area contributed by atoms with Crippen molar-refractivity contribution in [2.45, 2.75) is 57.7 Å². The largest absolute Gasteiger partial charge is 0.393 e. The molecule has 0 saturated heterocycles. The quantitative estimate of drug-likeness (QED) is 0.451. The molecular formula is C11H22O2. The van der Waals surface area contributed by atoms with Gasteiger partial charge in [-0.3, -0.25) is 0 Å². The maximum absolute atomic E-state index is 9.48. The molecule has 2 nitrogen and oxygen atoms in total. The Bertz CT molecular complexity index is 123. The van der Waals surface area contributed by atoms with Crippen LogP contribution in [0.1, 0.15) is 45.4 Å². The van der Waals surface area contributed by atoms with Gasteiger partial charge in [-0.2, -0.15) is 0 Å². The van der Waals surface area contributed by atoms with E-state index in [4.69, 9.17) is 0 Å². The van der Waals surface area contributed by atoms with Crippen LogP contribution in [0.5, 0.6) is 0 Å². The minimum atomic E-state index is -0.422. The predicted molar refractivity (Wildman–Crippen MR) is 55.6 cm³/mol. The first kappa shape index (κ1) is 12.7. The summed E-state index contributed by atoms with van der Waals surface area (Å²) in [6.45, 7) is 5.68. The highest BCUT2D eigenvalue weighted by Crippen LogP contribution is 2.10. The molecule has 0 aromatic heterocycles. The zero-order chi connectivity index (χ0) is 10.1. The number of aliphatic hydroxyl groups is 2. The van der Waals surface area contributed by atoms with E-state index in [9.17, 15) is 10.2 Å². The molecule has 0 aromatic rings. The molecule has 0 saturated carbocycles. The lowest BCUT2D eigenvalue weighted by atomic mass is 10.0. The highest BCUT2D eigenvalue weighted by Gasteiger charge is 2.09. The number of hydrogen-bond donors (Lipinski definition) is 2. The van der Waals surface area contributed by atoms with Gasteiger partial charge >= 0.3 is 0 Å². The third-order valence-electron chi connectivity index (χ3n) is 2.12. The fourth-order valence-electron chi connectivity index (χ4n) is 1.35. The fraction of sp³-hybridized carbons (Fsp3) is 0.818. The van der Waals surface area contributed by atoms with Crippen molar-refractivity contribution in [2.75, 3.05) is 0 Å². The summed E-state index contributed by atoms with van der Waals surface area (Å²) in [5.74, 6) is 0. The van der Waals surface area contributed by atoms with Crippen molar-refractivity contribution in [3.05, 3.63) is 12.7 Å². The zero-order valence-corrected chi connectivity index (χ0v) is 8.58. The van der Waals surface area contributed by atoms with Crippen LogP contribution in [-0.4, -0.2) is 22.4 Å². The Hall–Kier alpha value is -0.340. The molecule has 13 heavy (non-hydrogen) atoms. The average molecular weight is 186 g/mol. The Morgan fingerprint density at radius 3 is 2.46 bits per heavy atom. The Kier molecular flexibility index (Phi) is 8.05. The van der Waals surface area contributed by atoms with Crippen LogP contribution in [0.4, 0.5) is 0 Å². The van der Waals surface area contributed by atoms with E-state index in [-0.39, 0.29) is 6.10 Å². The molecule has 0 unspecified atom stereocenters. The second-order valence-electron chi connectivity index (χ2n) is 3.56. The van der Waals surface area contributed by atoms with Crippen molar-refractivity contribution in [3.8, 4) is 0 Å². The van der Waals surface area contributed by atoms with E-state index >= 15 is 0 Å². The molecule has 2 atom stereocenters. The average Bonchev–Trinajstić information content (AvgIpc) is 2.05. The summed E-state index contributed by atoms with van der Waals surface area (Å²) in [5.41, 5.74) is 0. The summed E-state index contributed by atoms with van der Waals surface area (Å²) in [5, 5.41) is 18.8. The van der Waals surface area contributed by atoms with Gasteiger partial charge in [0.25, 0.3) is 0 Å². The van der Waals surface area contributed by atoms with Gasteiger partial charge in [-0.25, -0.2) is 0 Å². The second kappa shape index (κ2) is 8.27. The van der Waals surface area contributed by atoms with Crippen molar-refractivity contribution in [1.29, 1.82) is 0 Å². The third kappa shape index (κ3) is 8.00. The maximum Gasteiger partial charge on any atom is 0.0599 e. The van der Waals surface area contributed by atoms with Crippen molar-refractivity contribution >= 4 is 0 Å². The first-order chi connectivity index (χ1) is 6.20. The smallest absolute Gasteiger partial charge is 0.0599 e. The molecule has 2 N–H and O–H groups in total. The van der Waals surface area contributed by atoms with Gasteiger partial charge < -0.3 is 10.2 Å². The van der Waals surface area contributed by atoms with Gasteiger partial charge in [0.15, 0.2) is 0 Å². The lowest BCUT2D eigenvalue weighted by Crippen LogP contribution is -2.16. The Balaban J connectivity index is 3.37. The number of aliphatic hydroxyl groups excluding tert-OH is 2. The van der Waals surface area contributed by atoms with Gasteiger partial charge in [0.05, 0.1) is 12.2 Å². The second-order valence-corrected chi connectivity index (χ2v) is 3.56. The van der Waals surface area contributed by atoms with Crippen LogP contribution in [0, 0.1) is 0 Å². The SMILES string of the molecule is C=CC[C@H](O)C[C@H](O)CCCCC. The number of unbranched alkanes of at least 4 members (excludes halogenated alkanes) is 2. The van der Waals surface area contributed by atoms with Crippen LogP contribution in [0.2, 0.25) is 0 Å². The standard InChI is InChI=1S/C11H22O2/c1-3-5-6-8-11(13)9-10(12)7-4-2/h4,10-13H,2-3,5-9H2,1H3/t10-,11+/m0/s1. The summed E-state index contributed by atoms with van der Waals surface area (Å²) < 4.78 is 0. The van der Waals surface area contributed by atoms with Crippen LogP contribution in [-0.2, 0) is 0 Å². The highest BCUT2D eigenvalue weighted by atomic mass is 16.3. The van der Waals surface area contributed by atoms with E-state index < -0.39 is 6.10 Å². The van der Waals surface area contributed by atoms with Crippen LogP contribution in [0.25, 0.3) is 0 Å². The molecule has 0 aliphatic heterocycles. The third-order valence-corrected chi connectivity index (χ3v) is 2.12. The summed E-state index contributed by atoms with van der Waals surface area (Å²) >= 11 is 0. The zero-order valence-electron chi connectivity index (χ0n) is 8.58. The molecule has 0 aromatic carbocycles. The van der Waals surface area contributed by atoms with Crippen LogP contribution < -0.4 is 0 Å². The minimum Gasteiger partial charge on any atom is -0.393 e. The van der Waals surface area contributed by atoms with E-state index in [1.165, 1.54) is 6.42 Å². The van der Waals surface area contributed by atoms with E-state index in [0.717, 1.165) is 19.3 Å². The van der Waals surface area contributed by atoms with E-state index in [1.54, 1.807) is 6.08 Å². The van der Waals surface area contributed by atoms with Gasteiger partial charge in [-0.1, -0.05) is 32.3 Å². The van der Waals surface area contributed by atoms with E-state index in [0.29, 0.717) is 12.8 Å². The van der Waals surface area contributed by atoms with Crippen LogP contribution in [0.15, 0.2) is 12.7 Å². The molecule has 0 bridgehead atoms. The Morgan fingerprint density at radius 2 is 1.92 bits per heavy atom. The molecule has 0 heterocycles. The van der Waals surface area contributed by atoms with Crippen molar-refractivity contribution in [1.82, 2.24) is 0 Å². The van der Waals surface area contributed by atoms with E-state index in [2.05, 4.69) is 13.5 Å². The molecule has 0 amide bonds. The van der Waals surface area contributed by atoms with Gasteiger partial charge in [-0.05, 0) is 19.3 Å². The topological polar surface area (TPSA) is 40.5 Å². The van der Waals surface area contributed by atoms with Crippen LogP contribution in [0.3, 0.4) is 0 Å². The lowest BCUT2D eigenvalue weighted by Gasteiger charge is -2.13. The van der Waals surface area contributed by atoms with Gasteiger partial charge in [0, 0.05) is 0 Å². The molecule has 0 fully saturated rings. The van der Waals surface area contributed by atoms with Crippen molar-refractivity contribution in [2.24, 2.45) is 0 Å². The van der Waals surface area contributed by atoms with Crippen molar-refractivity contribution in [3.63, 3.8) is 0 Å². The fourth-order valence-corrected chi connectivity index (χ4v) is 1.35. The van der Waals surface area contributed by atoms with E-state index in [1.807, 2.05) is 0 Å². The Morgan fingerprint density at radius 1 is 1.23 bits per heavy atom. The molecule has 0 aliphatic rings. The van der Waals surface area contributed by atoms with Gasteiger partial charge in [0.1, 0.15) is 0 Å². The lowest BCUT2D eigenvalue weighted by molar-refractivity contribution is 0.0758. The molecule has 0 rings (SSSR count). The highest BCUT2D eigenvalue weighted by molar-refractivity contribution is 4.74.